The summed E-state index contributed by atoms with van der Waals surface area (Å²) in [5, 5.41) is 19.8. The highest BCUT2D eigenvalue weighted by atomic mass is 16.7. The molecule has 5 rings (SSSR count). The van der Waals surface area contributed by atoms with Crippen LogP contribution in [0, 0.1) is 36.8 Å². The molecule has 0 saturated carbocycles. The molecule has 260 valence electrons. The number of nitrogen functional groups attached to an aromatic ring is 1. The maximum atomic E-state index is 8.83. The molecule has 0 aliphatic rings. The van der Waals surface area contributed by atoms with Crippen molar-refractivity contribution < 1.29 is 23.7 Å². The van der Waals surface area contributed by atoms with E-state index in [1.807, 2.05) is 94.6 Å². The van der Waals surface area contributed by atoms with Crippen LogP contribution in [-0.4, -0.2) is 35.3 Å². The predicted octanol–water partition coefficient (Wildman–Crippen LogP) is 7.28. The summed E-state index contributed by atoms with van der Waals surface area (Å²) in [7, 11) is 0. The third kappa shape index (κ3) is 15.1. The average Bonchev–Trinajstić information content (AvgIpc) is 3.10. The maximum absolute atomic E-state index is 8.83. The number of nitrogens with zero attached hydrogens (tertiary/aromatic N) is 6. The number of benzene rings is 3. The van der Waals surface area contributed by atoms with Gasteiger partial charge in [-0.05, 0) is 76.2 Å². The lowest BCUT2D eigenvalue weighted by atomic mass is 10.3. The molecule has 2 aromatic heterocycles. The molecule has 3 N–H and O–H groups in total. The molecule has 3 aromatic carbocycles. The standard InChI is InChI=1S/C16H16N4O2.C14H10N2O2.C8H12N2O/c1-3-21-15-10-13(9-12(2)19-15)20-16(18-11-17)22-14-7-5-4-6-8-14;15-11-16-14(17-12-7-3-1-4-8-12)18-13-9-5-2-6-10-13;1-3-11-8-5-7(9)4-6(2)10-8/h4-10H,3H2,1-2H3,(H,18,19,20);1-10H;4-5H,3H2,1-2H3,(H2,9,10). The number of hydrogen-bond acceptors (Lipinski definition) is 12. The Morgan fingerprint density at radius 3 is 1.61 bits per heavy atom. The maximum Gasteiger partial charge on any atom is 0.410 e. The molecule has 0 aliphatic heterocycles. The van der Waals surface area contributed by atoms with Crippen LogP contribution in [-0.2, 0) is 0 Å². The fourth-order valence-corrected chi connectivity index (χ4v) is 3.92. The highest BCUT2D eigenvalue weighted by Crippen LogP contribution is 2.21. The Morgan fingerprint density at radius 2 is 1.16 bits per heavy atom. The summed E-state index contributed by atoms with van der Waals surface area (Å²) in [5.41, 5.74) is 8.50. The van der Waals surface area contributed by atoms with E-state index in [0.717, 1.165) is 11.4 Å². The first-order valence-corrected chi connectivity index (χ1v) is 15.7. The van der Waals surface area contributed by atoms with Gasteiger partial charge in [0.15, 0.2) is 6.19 Å². The summed E-state index contributed by atoms with van der Waals surface area (Å²) < 4.78 is 26.8. The number of nitrogens with one attached hydrogen (secondary N) is 1. The highest BCUT2D eigenvalue weighted by molar-refractivity contribution is 5.80. The third-order valence-electron chi connectivity index (χ3n) is 5.84. The number of aliphatic imine (C=N–C) groups is 2. The minimum atomic E-state index is -0.102. The Morgan fingerprint density at radius 1 is 0.686 bits per heavy atom. The molecular formula is C38H38N8O5. The smallest absolute Gasteiger partial charge is 0.410 e. The molecule has 0 amide bonds. The largest absolute Gasteiger partial charge is 0.478 e. The molecule has 51 heavy (non-hydrogen) atoms. The number of aryl methyl sites for hydroxylation is 2. The molecule has 0 bridgehead atoms. The van der Waals surface area contributed by atoms with Crippen LogP contribution >= 0.6 is 0 Å². The van der Waals surface area contributed by atoms with Gasteiger partial charge in [0, 0.05) is 29.2 Å². The van der Waals surface area contributed by atoms with Gasteiger partial charge in [-0.25, -0.2) is 15.3 Å². The topological polar surface area (TPSA) is 182 Å². The number of nitrogens with two attached hydrogens (primary N) is 1. The summed E-state index contributed by atoms with van der Waals surface area (Å²) in [4.78, 5) is 16.1. The number of hydrogen-bond donors (Lipinski definition) is 2. The average molecular weight is 687 g/mol. The van der Waals surface area contributed by atoms with E-state index >= 15 is 0 Å². The van der Waals surface area contributed by atoms with Crippen molar-refractivity contribution in [3.05, 3.63) is 127 Å². The first-order valence-electron chi connectivity index (χ1n) is 15.7. The molecule has 0 atom stereocenters. The van der Waals surface area contributed by atoms with Gasteiger partial charge in [0.25, 0.3) is 0 Å². The van der Waals surface area contributed by atoms with Crippen LogP contribution < -0.4 is 34.7 Å². The van der Waals surface area contributed by atoms with Crippen LogP contribution in [0.5, 0.6) is 29.0 Å². The lowest BCUT2D eigenvalue weighted by molar-refractivity contribution is 0.326. The van der Waals surface area contributed by atoms with Gasteiger partial charge >= 0.3 is 12.1 Å². The number of anilines is 1. The van der Waals surface area contributed by atoms with Crippen molar-refractivity contribution in [2.75, 3.05) is 18.9 Å². The molecule has 0 fully saturated rings. The lowest BCUT2D eigenvalue weighted by Crippen LogP contribution is -2.24. The minimum Gasteiger partial charge on any atom is -0.478 e. The van der Waals surface area contributed by atoms with Crippen molar-refractivity contribution in [3.8, 4) is 41.4 Å². The third-order valence-corrected chi connectivity index (χ3v) is 5.84. The Bertz CT molecular complexity index is 1860. The van der Waals surface area contributed by atoms with Crippen molar-refractivity contribution >= 4 is 23.5 Å². The van der Waals surface area contributed by atoms with Crippen LogP contribution in [0.15, 0.2) is 125 Å². The van der Waals surface area contributed by atoms with E-state index in [4.69, 9.17) is 39.9 Å². The van der Waals surface area contributed by atoms with Gasteiger partial charge in [0.05, 0.1) is 18.9 Å². The number of para-hydroxylation sites is 3. The molecule has 5 aromatic rings. The Balaban J connectivity index is 0.000000218. The fourth-order valence-electron chi connectivity index (χ4n) is 3.92. The van der Waals surface area contributed by atoms with Crippen molar-refractivity contribution in [1.82, 2.24) is 15.3 Å². The number of amidine groups is 1. The molecule has 2 heterocycles. The van der Waals surface area contributed by atoms with Crippen molar-refractivity contribution in [2.24, 2.45) is 9.98 Å². The molecule has 13 nitrogen and oxygen atoms in total. The van der Waals surface area contributed by atoms with Crippen LogP contribution in [0.2, 0.25) is 0 Å². The highest BCUT2D eigenvalue weighted by Gasteiger charge is 2.07. The normalized spacial score (nSPS) is 9.88. The summed E-state index contributed by atoms with van der Waals surface area (Å²) in [6, 6.07) is 34.2. The number of rotatable bonds is 8. The molecule has 0 saturated heterocycles. The van der Waals surface area contributed by atoms with E-state index in [-0.39, 0.29) is 12.1 Å². The second kappa shape index (κ2) is 21.7. The summed E-state index contributed by atoms with van der Waals surface area (Å²) in [6.45, 7) is 8.67. The molecule has 0 spiro atoms. The summed E-state index contributed by atoms with van der Waals surface area (Å²) in [5.74, 6) is 2.78. The zero-order chi connectivity index (χ0) is 36.7. The van der Waals surface area contributed by atoms with Gasteiger partial charge in [-0.2, -0.15) is 15.5 Å². The van der Waals surface area contributed by atoms with Gasteiger partial charge in [-0.1, -0.05) is 59.6 Å². The van der Waals surface area contributed by atoms with Crippen LogP contribution in [0.1, 0.15) is 25.2 Å². The monoisotopic (exact) mass is 686 g/mol. The molecule has 0 unspecified atom stereocenters. The zero-order valence-corrected chi connectivity index (χ0v) is 28.7. The summed E-state index contributed by atoms with van der Waals surface area (Å²) >= 11 is 0. The minimum absolute atomic E-state index is 0.0850. The Kier molecular flexibility index (Phi) is 16.3. The molecule has 0 aliphatic carbocycles. The van der Waals surface area contributed by atoms with E-state index in [0.29, 0.717) is 53.6 Å². The zero-order valence-electron chi connectivity index (χ0n) is 28.7. The predicted molar refractivity (Wildman–Crippen MR) is 195 cm³/mol. The molecular weight excluding hydrogens is 648 g/mol. The Labute approximate surface area is 297 Å². The van der Waals surface area contributed by atoms with Crippen LogP contribution in [0.4, 0.5) is 11.4 Å². The summed E-state index contributed by atoms with van der Waals surface area (Å²) in [6.07, 6.45) is 3.35. The van der Waals surface area contributed by atoms with Gasteiger partial charge in [0.2, 0.25) is 18.0 Å². The van der Waals surface area contributed by atoms with Gasteiger partial charge in [-0.15, -0.1) is 0 Å². The first-order chi connectivity index (χ1) is 24.8. The molecule has 13 heteroatoms. The molecule has 0 radical (unpaired) electrons. The first kappa shape index (κ1) is 38.3. The fraction of sp³-hybridized carbons (Fsp3) is 0.158. The number of nitriles is 2. The van der Waals surface area contributed by atoms with Gasteiger partial charge in [0.1, 0.15) is 17.2 Å². The van der Waals surface area contributed by atoms with Crippen molar-refractivity contribution in [2.45, 2.75) is 27.7 Å². The van der Waals surface area contributed by atoms with E-state index in [1.54, 1.807) is 60.8 Å². The quantitative estimate of drug-likeness (QED) is 0.0724. The number of aromatic nitrogens is 2. The lowest BCUT2D eigenvalue weighted by Gasteiger charge is -2.08. The SMILES string of the molecule is CCOc1cc(N)cc(C)n1.CCOc1cc(N=C(NC#N)Oc2ccccc2)cc(C)n1.N#CN=C(Oc1ccccc1)Oc1ccccc1. The second-order valence-corrected chi connectivity index (χ2v) is 9.93. The van der Waals surface area contributed by atoms with E-state index < -0.39 is 0 Å². The Hall–Kier alpha value is -7.12. The number of ether oxygens (including phenoxy) is 5. The van der Waals surface area contributed by atoms with Gasteiger partial charge < -0.3 is 29.4 Å². The van der Waals surface area contributed by atoms with E-state index in [9.17, 15) is 0 Å². The van der Waals surface area contributed by atoms with E-state index in [1.165, 1.54) is 0 Å². The van der Waals surface area contributed by atoms with E-state index in [2.05, 4.69) is 25.3 Å². The van der Waals surface area contributed by atoms with Crippen LogP contribution in [0.3, 0.4) is 0 Å². The second-order valence-electron chi connectivity index (χ2n) is 9.93. The van der Waals surface area contributed by atoms with Gasteiger partial charge in [-0.3, -0.25) is 0 Å². The van der Waals surface area contributed by atoms with Crippen molar-refractivity contribution in [3.63, 3.8) is 0 Å². The van der Waals surface area contributed by atoms with Crippen LogP contribution in [0.25, 0.3) is 0 Å². The number of pyridine rings is 2. The van der Waals surface area contributed by atoms with Crippen molar-refractivity contribution in [1.29, 1.82) is 10.5 Å².